The summed E-state index contributed by atoms with van der Waals surface area (Å²) in [5.74, 6) is 1.73. The van der Waals surface area contributed by atoms with E-state index < -0.39 is 6.10 Å². The summed E-state index contributed by atoms with van der Waals surface area (Å²) in [5.41, 5.74) is 1.05. The Kier molecular flexibility index (Phi) is 6.43. The number of nitrogens with one attached hydrogen (secondary N) is 1. The Morgan fingerprint density at radius 2 is 2.10 bits per heavy atom. The second kappa shape index (κ2) is 8.32. The van der Waals surface area contributed by atoms with Crippen molar-refractivity contribution in [2.75, 3.05) is 12.3 Å². The minimum Gasteiger partial charge on any atom is -0.481 e. The molecule has 1 aromatic rings. The standard InChI is InChI=1S/C17H25NO2S/c1-13-7-3-6-10-16(13)20-14(2)17(19)18-11-12-21-15-8-4-5-9-15/h3,6-7,10,14-15H,4-5,8-9,11-12H2,1-2H3,(H,18,19)/t14-/m1/s1. The maximum atomic E-state index is 12.0. The number of aryl methyl sites for hydroxylation is 1. The number of ether oxygens (including phenoxy) is 1. The van der Waals surface area contributed by atoms with Gasteiger partial charge < -0.3 is 10.1 Å². The quantitative estimate of drug-likeness (QED) is 0.783. The van der Waals surface area contributed by atoms with E-state index in [1.807, 2.05) is 43.0 Å². The van der Waals surface area contributed by atoms with Crippen LogP contribution < -0.4 is 10.1 Å². The van der Waals surface area contributed by atoms with Gasteiger partial charge in [0.05, 0.1) is 0 Å². The summed E-state index contributed by atoms with van der Waals surface area (Å²) in [6, 6.07) is 7.77. The molecule has 1 fully saturated rings. The lowest BCUT2D eigenvalue weighted by Crippen LogP contribution is -2.37. The molecular formula is C17H25NO2S. The van der Waals surface area contributed by atoms with Gasteiger partial charge in [0.15, 0.2) is 6.10 Å². The zero-order valence-corrected chi connectivity index (χ0v) is 13.7. The first kappa shape index (κ1) is 16.2. The molecule has 1 atom stereocenters. The number of thioether (sulfide) groups is 1. The number of amides is 1. The maximum absolute atomic E-state index is 12.0. The molecule has 4 heteroatoms. The molecule has 3 nitrogen and oxygen atoms in total. The highest BCUT2D eigenvalue weighted by molar-refractivity contribution is 7.99. The molecule has 0 spiro atoms. The highest BCUT2D eigenvalue weighted by atomic mass is 32.2. The zero-order valence-electron chi connectivity index (χ0n) is 12.9. The summed E-state index contributed by atoms with van der Waals surface area (Å²) in [5, 5.41) is 3.77. The third-order valence-corrected chi connectivity index (χ3v) is 5.21. The van der Waals surface area contributed by atoms with Crippen LogP contribution in [0.1, 0.15) is 38.2 Å². The highest BCUT2D eigenvalue weighted by Crippen LogP contribution is 2.28. The van der Waals surface area contributed by atoms with E-state index >= 15 is 0 Å². The molecule has 1 N–H and O–H groups in total. The third-order valence-electron chi connectivity index (χ3n) is 3.82. The Labute approximate surface area is 131 Å². The van der Waals surface area contributed by atoms with Crippen molar-refractivity contribution < 1.29 is 9.53 Å². The molecule has 0 bridgehead atoms. The Balaban J connectivity index is 1.66. The average Bonchev–Trinajstić information content (AvgIpc) is 2.99. The SMILES string of the molecule is Cc1ccccc1O[C@H](C)C(=O)NCCSC1CCCC1. The molecule has 2 rings (SSSR count). The fraction of sp³-hybridized carbons (Fsp3) is 0.588. The molecule has 1 aliphatic carbocycles. The summed E-state index contributed by atoms with van der Waals surface area (Å²) in [4.78, 5) is 12.0. The van der Waals surface area contributed by atoms with Crippen molar-refractivity contribution in [2.45, 2.75) is 50.9 Å². The zero-order chi connectivity index (χ0) is 15.1. The van der Waals surface area contributed by atoms with Gasteiger partial charge in [-0.15, -0.1) is 0 Å². The fourth-order valence-corrected chi connectivity index (χ4v) is 3.75. The van der Waals surface area contributed by atoms with Crippen molar-refractivity contribution in [3.05, 3.63) is 29.8 Å². The summed E-state index contributed by atoms with van der Waals surface area (Å²) < 4.78 is 5.72. The highest BCUT2D eigenvalue weighted by Gasteiger charge is 2.17. The van der Waals surface area contributed by atoms with E-state index in [2.05, 4.69) is 5.32 Å². The van der Waals surface area contributed by atoms with E-state index in [1.165, 1.54) is 25.7 Å². The van der Waals surface area contributed by atoms with E-state index in [0.29, 0.717) is 0 Å². The van der Waals surface area contributed by atoms with Gasteiger partial charge in [-0.05, 0) is 38.3 Å². The minimum atomic E-state index is -0.456. The van der Waals surface area contributed by atoms with Crippen LogP contribution in [-0.2, 0) is 4.79 Å². The predicted octanol–water partition coefficient (Wildman–Crippen LogP) is 3.55. The lowest BCUT2D eigenvalue weighted by molar-refractivity contribution is -0.127. The predicted molar refractivity (Wildman–Crippen MR) is 89.0 cm³/mol. The van der Waals surface area contributed by atoms with E-state index in [1.54, 1.807) is 6.92 Å². The van der Waals surface area contributed by atoms with E-state index in [-0.39, 0.29) is 5.91 Å². The summed E-state index contributed by atoms with van der Waals surface area (Å²) in [7, 11) is 0. The van der Waals surface area contributed by atoms with Crippen LogP contribution in [0.4, 0.5) is 0 Å². The summed E-state index contributed by atoms with van der Waals surface area (Å²) >= 11 is 1.99. The summed E-state index contributed by atoms with van der Waals surface area (Å²) in [6.45, 7) is 4.51. The Morgan fingerprint density at radius 3 is 2.81 bits per heavy atom. The van der Waals surface area contributed by atoms with Crippen LogP contribution in [0, 0.1) is 6.92 Å². The van der Waals surface area contributed by atoms with Crippen LogP contribution >= 0.6 is 11.8 Å². The van der Waals surface area contributed by atoms with Crippen molar-refractivity contribution in [2.24, 2.45) is 0 Å². The molecule has 0 aromatic heterocycles. The molecule has 1 saturated carbocycles. The second-order valence-corrected chi connectivity index (χ2v) is 7.00. The van der Waals surface area contributed by atoms with Crippen molar-refractivity contribution >= 4 is 17.7 Å². The van der Waals surface area contributed by atoms with E-state index in [4.69, 9.17) is 4.74 Å². The Bertz CT molecular complexity index is 458. The molecule has 116 valence electrons. The number of carbonyl (C=O) groups excluding carboxylic acids is 1. The molecule has 1 amide bonds. The number of rotatable bonds is 7. The number of benzene rings is 1. The number of hydrogen-bond acceptors (Lipinski definition) is 3. The normalized spacial score (nSPS) is 16.7. The van der Waals surface area contributed by atoms with Gasteiger partial charge in [-0.25, -0.2) is 0 Å². The first-order valence-corrected chi connectivity index (χ1v) is 8.83. The smallest absolute Gasteiger partial charge is 0.260 e. The molecule has 1 aliphatic rings. The topological polar surface area (TPSA) is 38.3 Å². The Morgan fingerprint density at radius 1 is 1.38 bits per heavy atom. The van der Waals surface area contributed by atoms with Crippen LogP contribution in [0.2, 0.25) is 0 Å². The minimum absolute atomic E-state index is 0.0368. The van der Waals surface area contributed by atoms with Crippen LogP contribution in [0.25, 0.3) is 0 Å². The molecule has 0 saturated heterocycles. The molecule has 1 aromatic carbocycles. The van der Waals surface area contributed by atoms with Crippen molar-refractivity contribution in [3.8, 4) is 5.75 Å². The summed E-state index contributed by atoms with van der Waals surface area (Å²) in [6.07, 6.45) is 4.95. The molecule has 0 heterocycles. The maximum Gasteiger partial charge on any atom is 0.260 e. The second-order valence-electron chi connectivity index (χ2n) is 5.59. The van der Waals surface area contributed by atoms with Crippen molar-refractivity contribution in [1.29, 1.82) is 0 Å². The number of carbonyl (C=O) groups is 1. The van der Waals surface area contributed by atoms with Crippen LogP contribution in [-0.4, -0.2) is 29.6 Å². The van der Waals surface area contributed by atoms with Gasteiger partial charge in [0, 0.05) is 17.5 Å². The average molecular weight is 307 g/mol. The largest absolute Gasteiger partial charge is 0.481 e. The third kappa shape index (κ3) is 5.27. The molecule has 0 aliphatic heterocycles. The van der Waals surface area contributed by atoms with Gasteiger partial charge >= 0.3 is 0 Å². The van der Waals surface area contributed by atoms with Crippen LogP contribution in [0.5, 0.6) is 5.75 Å². The van der Waals surface area contributed by atoms with Gasteiger partial charge in [0.1, 0.15) is 5.75 Å². The van der Waals surface area contributed by atoms with Crippen molar-refractivity contribution in [3.63, 3.8) is 0 Å². The van der Waals surface area contributed by atoms with E-state index in [9.17, 15) is 4.79 Å². The van der Waals surface area contributed by atoms with Gasteiger partial charge in [-0.2, -0.15) is 11.8 Å². The molecule has 0 radical (unpaired) electrons. The van der Waals surface area contributed by atoms with Crippen LogP contribution in [0.15, 0.2) is 24.3 Å². The Hall–Kier alpha value is -1.16. The monoisotopic (exact) mass is 307 g/mol. The fourth-order valence-electron chi connectivity index (χ4n) is 2.53. The molecule has 0 unspecified atom stereocenters. The van der Waals surface area contributed by atoms with Gasteiger partial charge in [0.25, 0.3) is 5.91 Å². The first-order chi connectivity index (χ1) is 10.2. The first-order valence-electron chi connectivity index (χ1n) is 7.78. The molecular weight excluding hydrogens is 282 g/mol. The number of hydrogen-bond donors (Lipinski definition) is 1. The lowest BCUT2D eigenvalue weighted by Gasteiger charge is -2.16. The van der Waals surface area contributed by atoms with Gasteiger partial charge in [-0.1, -0.05) is 31.0 Å². The van der Waals surface area contributed by atoms with Gasteiger partial charge in [0.2, 0.25) is 0 Å². The molecule has 21 heavy (non-hydrogen) atoms. The lowest BCUT2D eigenvalue weighted by atomic mass is 10.2. The van der Waals surface area contributed by atoms with Gasteiger partial charge in [-0.3, -0.25) is 4.79 Å². The number of para-hydroxylation sites is 1. The van der Waals surface area contributed by atoms with E-state index in [0.717, 1.165) is 28.9 Å². The van der Waals surface area contributed by atoms with Crippen LogP contribution in [0.3, 0.4) is 0 Å². The van der Waals surface area contributed by atoms with Crippen molar-refractivity contribution in [1.82, 2.24) is 5.32 Å².